The van der Waals surface area contributed by atoms with Crippen molar-refractivity contribution in [2.45, 2.75) is 51.2 Å². The van der Waals surface area contributed by atoms with Crippen molar-refractivity contribution in [3.63, 3.8) is 0 Å². The first kappa shape index (κ1) is 18.9. The Morgan fingerprint density at radius 1 is 1.30 bits per heavy atom. The number of rotatable bonds is 8. The molecule has 23 heavy (non-hydrogen) atoms. The molecule has 0 bridgehead atoms. The number of carbonyl (C=O) groups excluding carboxylic acids is 1. The molecule has 2 atom stereocenters. The van der Waals surface area contributed by atoms with E-state index in [0.29, 0.717) is 5.56 Å². The van der Waals surface area contributed by atoms with Gasteiger partial charge in [-0.05, 0) is 12.5 Å². The molecule has 0 aliphatic heterocycles. The maximum Gasteiger partial charge on any atom is 0.408 e. The molecule has 2 unspecified atom stereocenters. The standard InChI is InChI=1S/C16H21F2NO4/c1-3-9-16(17,18)10-13(14(20)21)19-15(22)23-11(2)12-7-5-4-6-8-12/h4-8,11,13H,3,9-10H2,1-2H3,(H,19,22)(H,20,21). The van der Waals surface area contributed by atoms with E-state index in [1.54, 1.807) is 44.2 Å². The Kier molecular flexibility index (Phi) is 6.93. The highest BCUT2D eigenvalue weighted by Gasteiger charge is 2.36. The number of benzene rings is 1. The minimum atomic E-state index is -3.16. The minimum Gasteiger partial charge on any atom is -0.480 e. The Bertz CT molecular complexity index is 522. The second-order valence-electron chi connectivity index (χ2n) is 5.30. The molecule has 7 heteroatoms. The number of hydrogen-bond acceptors (Lipinski definition) is 3. The van der Waals surface area contributed by atoms with Crippen LogP contribution in [0.1, 0.15) is 44.8 Å². The van der Waals surface area contributed by atoms with Gasteiger partial charge in [0.05, 0.1) is 0 Å². The first-order valence-corrected chi connectivity index (χ1v) is 7.38. The molecule has 0 aliphatic rings. The van der Waals surface area contributed by atoms with E-state index in [-0.39, 0.29) is 6.42 Å². The summed E-state index contributed by atoms with van der Waals surface area (Å²) in [4.78, 5) is 22.8. The van der Waals surface area contributed by atoms with Gasteiger partial charge in [-0.1, -0.05) is 43.7 Å². The summed E-state index contributed by atoms with van der Waals surface area (Å²) >= 11 is 0. The molecule has 0 fully saturated rings. The van der Waals surface area contributed by atoms with Crippen LogP contribution in [-0.2, 0) is 9.53 Å². The van der Waals surface area contributed by atoms with E-state index in [2.05, 4.69) is 0 Å². The number of nitrogens with one attached hydrogen (secondary N) is 1. The summed E-state index contributed by atoms with van der Waals surface area (Å²) < 4.78 is 32.1. The lowest BCUT2D eigenvalue weighted by atomic mass is 10.0. The summed E-state index contributed by atoms with van der Waals surface area (Å²) in [6, 6.07) is 7.10. The molecule has 0 heterocycles. The number of hydrogen-bond donors (Lipinski definition) is 2. The van der Waals surface area contributed by atoms with E-state index >= 15 is 0 Å². The van der Waals surface area contributed by atoms with Gasteiger partial charge in [-0.25, -0.2) is 18.4 Å². The lowest BCUT2D eigenvalue weighted by Crippen LogP contribution is -2.44. The molecule has 1 aromatic rings. The van der Waals surface area contributed by atoms with Crippen LogP contribution >= 0.6 is 0 Å². The fourth-order valence-electron chi connectivity index (χ4n) is 2.10. The van der Waals surface area contributed by atoms with E-state index in [1.807, 2.05) is 5.32 Å². The smallest absolute Gasteiger partial charge is 0.408 e. The number of carbonyl (C=O) groups is 2. The van der Waals surface area contributed by atoms with E-state index in [4.69, 9.17) is 9.84 Å². The molecule has 1 amide bonds. The lowest BCUT2D eigenvalue weighted by molar-refractivity contribution is -0.142. The Morgan fingerprint density at radius 3 is 2.43 bits per heavy atom. The number of halogens is 2. The number of alkyl carbamates (subject to hydrolysis) is 1. The average Bonchev–Trinajstić information content (AvgIpc) is 2.46. The quantitative estimate of drug-likeness (QED) is 0.761. The second-order valence-corrected chi connectivity index (χ2v) is 5.30. The molecule has 0 saturated carbocycles. The molecule has 5 nitrogen and oxygen atoms in total. The van der Waals surface area contributed by atoms with Crippen LogP contribution < -0.4 is 5.32 Å². The predicted octanol–water partition coefficient (Wildman–Crippen LogP) is 3.75. The van der Waals surface area contributed by atoms with E-state index in [9.17, 15) is 18.4 Å². The third-order valence-corrected chi connectivity index (χ3v) is 3.26. The highest BCUT2D eigenvalue weighted by Crippen LogP contribution is 2.26. The van der Waals surface area contributed by atoms with Gasteiger partial charge in [-0.15, -0.1) is 0 Å². The van der Waals surface area contributed by atoms with Crippen molar-refractivity contribution in [1.82, 2.24) is 5.32 Å². The maximum absolute atomic E-state index is 13.6. The van der Waals surface area contributed by atoms with Gasteiger partial charge >= 0.3 is 12.1 Å². The summed E-state index contributed by atoms with van der Waals surface area (Å²) in [7, 11) is 0. The van der Waals surface area contributed by atoms with Crippen LogP contribution in [0.25, 0.3) is 0 Å². The summed E-state index contributed by atoms with van der Waals surface area (Å²) in [5, 5.41) is 11.0. The molecule has 0 saturated heterocycles. The van der Waals surface area contributed by atoms with Crippen molar-refractivity contribution < 1.29 is 28.2 Å². The van der Waals surface area contributed by atoms with E-state index < -0.39 is 43.0 Å². The SMILES string of the molecule is CCCC(F)(F)CC(NC(=O)OC(C)c1ccccc1)C(=O)O. The molecule has 0 radical (unpaired) electrons. The fourth-order valence-corrected chi connectivity index (χ4v) is 2.10. The van der Waals surface area contributed by atoms with Gasteiger partial charge < -0.3 is 15.2 Å². The zero-order valence-electron chi connectivity index (χ0n) is 13.1. The van der Waals surface area contributed by atoms with Crippen molar-refractivity contribution in [2.75, 3.05) is 0 Å². The normalized spacial score (nSPS) is 13.9. The zero-order chi connectivity index (χ0) is 17.5. The van der Waals surface area contributed by atoms with E-state index in [0.717, 1.165) is 0 Å². The predicted molar refractivity (Wildman–Crippen MR) is 80.4 cm³/mol. The molecule has 2 N–H and O–H groups in total. The van der Waals surface area contributed by atoms with Gasteiger partial charge in [-0.3, -0.25) is 0 Å². The van der Waals surface area contributed by atoms with Crippen molar-refractivity contribution in [3.8, 4) is 0 Å². The Morgan fingerprint density at radius 2 is 1.91 bits per heavy atom. The van der Waals surface area contributed by atoms with Crippen LogP contribution in [0.15, 0.2) is 30.3 Å². The van der Waals surface area contributed by atoms with Crippen LogP contribution in [-0.4, -0.2) is 29.1 Å². The molecule has 128 valence electrons. The fraction of sp³-hybridized carbons (Fsp3) is 0.500. The number of carboxylic acids is 1. The van der Waals surface area contributed by atoms with Gasteiger partial charge in [0.2, 0.25) is 0 Å². The van der Waals surface area contributed by atoms with Gasteiger partial charge in [0.15, 0.2) is 0 Å². The number of amides is 1. The highest BCUT2D eigenvalue weighted by molar-refractivity contribution is 5.80. The number of ether oxygens (including phenoxy) is 1. The third kappa shape index (κ3) is 6.63. The van der Waals surface area contributed by atoms with Gasteiger partial charge in [0.25, 0.3) is 5.92 Å². The first-order chi connectivity index (χ1) is 10.7. The topological polar surface area (TPSA) is 75.6 Å². The second kappa shape index (κ2) is 8.45. The van der Waals surface area contributed by atoms with Crippen LogP contribution in [0, 0.1) is 0 Å². The Labute approximate surface area is 133 Å². The van der Waals surface area contributed by atoms with Crippen molar-refractivity contribution in [2.24, 2.45) is 0 Å². The minimum absolute atomic E-state index is 0.217. The van der Waals surface area contributed by atoms with Gasteiger partial charge in [-0.2, -0.15) is 0 Å². The lowest BCUT2D eigenvalue weighted by Gasteiger charge is -2.22. The Hall–Kier alpha value is -2.18. The third-order valence-electron chi connectivity index (χ3n) is 3.26. The van der Waals surface area contributed by atoms with Crippen LogP contribution in [0.4, 0.5) is 13.6 Å². The Balaban J connectivity index is 2.62. The van der Waals surface area contributed by atoms with Crippen molar-refractivity contribution in [3.05, 3.63) is 35.9 Å². The van der Waals surface area contributed by atoms with Gasteiger partial charge in [0.1, 0.15) is 12.1 Å². The zero-order valence-corrected chi connectivity index (χ0v) is 13.1. The molecular weight excluding hydrogens is 308 g/mol. The molecule has 0 spiro atoms. The molecule has 0 aromatic heterocycles. The average molecular weight is 329 g/mol. The monoisotopic (exact) mass is 329 g/mol. The number of carboxylic acid groups (broad SMARTS) is 1. The first-order valence-electron chi connectivity index (χ1n) is 7.38. The summed E-state index contributed by atoms with van der Waals surface area (Å²) in [6.07, 6.45) is -2.85. The molecule has 1 aromatic carbocycles. The van der Waals surface area contributed by atoms with E-state index in [1.165, 1.54) is 0 Å². The summed E-state index contributed by atoms with van der Waals surface area (Å²) in [6.45, 7) is 3.18. The van der Waals surface area contributed by atoms with Crippen LogP contribution in [0.5, 0.6) is 0 Å². The largest absolute Gasteiger partial charge is 0.480 e. The summed E-state index contributed by atoms with van der Waals surface area (Å²) in [5.74, 6) is -4.68. The maximum atomic E-state index is 13.6. The highest BCUT2D eigenvalue weighted by atomic mass is 19.3. The molecular formula is C16H21F2NO4. The number of alkyl halides is 2. The van der Waals surface area contributed by atoms with Gasteiger partial charge in [0, 0.05) is 12.8 Å². The van der Waals surface area contributed by atoms with Crippen molar-refractivity contribution >= 4 is 12.1 Å². The molecule has 1 rings (SSSR count). The summed E-state index contributed by atoms with van der Waals surface area (Å²) in [5.41, 5.74) is 0.714. The van der Waals surface area contributed by atoms with Crippen LogP contribution in [0.3, 0.4) is 0 Å². The molecule has 0 aliphatic carbocycles. The van der Waals surface area contributed by atoms with Crippen LogP contribution in [0.2, 0.25) is 0 Å². The number of aliphatic carboxylic acids is 1. The van der Waals surface area contributed by atoms with Crippen molar-refractivity contribution in [1.29, 1.82) is 0 Å².